The number of esters is 1. The van der Waals surface area contributed by atoms with Gasteiger partial charge in [0.15, 0.2) is 0 Å². The molecule has 148 valence electrons. The van der Waals surface area contributed by atoms with Gasteiger partial charge in [-0.15, -0.1) is 11.3 Å². The summed E-state index contributed by atoms with van der Waals surface area (Å²) in [4.78, 5) is 36.2. The van der Waals surface area contributed by atoms with Gasteiger partial charge >= 0.3 is 5.97 Å². The van der Waals surface area contributed by atoms with E-state index < -0.39 is 5.97 Å². The fourth-order valence-corrected chi connectivity index (χ4v) is 2.90. The van der Waals surface area contributed by atoms with Gasteiger partial charge in [0.05, 0.1) is 17.6 Å². The SMILES string of the molecule is O=C(/C=C/c1ccco1)NCCC(=O)Oc1ccc(NC(=O)c2cccs2)cc1. The maximum absolute atomic E-state index is 12.0. The average Bonchev–Trinajstić information content (AvgIpc) is 3.42. The Kier molecular flexibility index (Phi) is 6.96. The Balaban J connectivity index is 1.39. The molecule has 0 aliphatic rings. The summed E-state index contributed by atoms with van der Waals surface area (Å²) < 4.78 is 10.3. The number of ether oxygens (including phenoxy) is 1. The lowest BCUT2D eigenvalue weighted by molar-refractivity contribution is -0.134. The normalized spacial score (nSPS) is 10.6. The van der Waals surface area contributed by atoms with Crippen LogP contribution >= 0.6 is 11.3 Å². The number of anilines is 1. The van der Waals surface area contributed by atoms with E-state index in [9.17, 15) is 14.4 Å². The van der Waals surface area contributed by atoms with Gasteiger partial charge in [-0.25, -0.2) is 0 Å². The van der Waals surface area contributed by atoms with Crippen molar-refractivity contribution in [3.8, 4) is 5.75 Å². The first-order valence-corrected chi connectivity index (χ1v) is 9.63. The van der Waals surface area contributed by atoms with Crippen molar-refractivity contribution in [2.24, 2.45) is 0 Å². The molecule has 3 aromatic rings. The maximum atomic E-state index is 12.0. The third kappa shape index (κ3) is 6.47. The zero-order valence-electron chi connectivity index (χ0n) is 15.3. The van der Waals surface area contributed by atoms with Crippen molar-refractivity contribution in [3.05, 3.63) is 76.9 Å². The second-order valence-corrected chi connectivity index (χ2v) is 6.77. The third-order valence-corrected chi connectivity index (χ3v) is 4.53. The highest BCUT2D eigenvalue weighted by atomic mass is 32.1. The predicted molar refractivity (Wildman–Crippen MR) is 110 cm³/mol. The van der Waals surface area contributed by atoms with E-state index in [0.717, 1.165) is 0 Å². The van der Waals surface area contributed by atoms with Crippen LogP contribution in [-0.4, -0.2) is 24.3 Å². The van der Waals surface area contributed by atoms with Crippen LogP contribution in [0.3, 0.4) is 0 Å². The molecule has 0 aliphatic carbocycles. The molecular formula is C21H18N2O5S. The molecular weight excluding hydrogens is 392 g/mol. The van der Waals surface area contributed by atoms with E-state index in [1.807, 2.05) is 5.38 Å². The van der Waals surface area contributed by atoms with Gasteiger partial charge in [-0.2, -0.15) is 0 Å². The van der Waals surface area contributed by atoms with E-state index in [4.69, 9.17) is 9.15 Å². The largest absolute Gasteiger partial charge is 0.465 e. The van der Waals surface area contributed by atoms with Crippen molar-refractivity contribution in [2.45, 2.75) is 6.42 Å². The highest BCUT2D eigenvalue weighted by Crippen LogP contribution is 2.18. The summed E-state index contributed by atoms with van der Waals surface area (Å²) >= 11 is 1.35. The molecule has 0 aliphatic heterocycles. The van der Waals surface area contributed by atoms with Gasteiger partial charge in [0.25, 0.3) is 5.91 Å². The van der Waals surface area contributed by atoms with Gasteiger partial charge in [0.1, 0.15) is 11.5 Å². The first-order chi connectivity index (χ1) is 14.1. The molecule has 0 fully saturated rings. The van der Waals surface area contributed by atoms with Crippen molar-refractivity contribution in [2.75, 3.05) is 11.9 Å². The van der Waals surface area contributed by atoms with Crippen LogP contribution in [0.25, 0.3) is 6.08 Å². The molecule has 0 radical (unpaired) electrons. The van der Waals surface area contributed by atoms with Gasteiger partial charge in [-0.05, 0) is 53.9 Å². The lowest BCUT2D eigenvalue weighted by Gasteiger charge is -2.07. The van der Waals surface area contributed by atoms with Crippen LogP contribution in [0.1, 0.15) is 21.9 Å². The standard InChI is InChI=1S/C21H18N2O5S/c24-19(10-9-16-3-1-13-27-16)22-12-11-20(25)28-17-7-5-15(6-8-17)23-21(26)18-4-2-14-29-18/h1-10,13-14H,11-12H2,(H,22,24)(H,23,26)/b10-9+. The van der Waals surface area contributed by atoms with Crippen molar-refractivity contribution in [1.29, 1.82) is 0 Å². The number of rotatable bonds is 8. The van der Waals surface area contributed by atoms with Crippen molar-refractivity contribution < 1.29 is 23.5 Å². The quantitative estimate of drug-likeness (QED) is 0.335. The van der Waals surface area contributed by atoms with Crippen LogP contribution in [0.5, 0.6) is 5.75 Å². The van der Waals surface area contributed by atoms with Gasteiger partial charge in [-0.1, -0.05) is 6.07 Å². The summed E-state index contributed by atoms with van der Waals surface area (Å²) in [5.74, 6) is -0.0833. The number of nitrogens with one attached hydrogen (secondary N) is 2. The van der Waals surface area contributed by atoms with E-state index in [2.05, 4.69) is 10.6 Å². The Bertz CT molecular complexity index is 977. The Morgan fingerprint density at radius 1 is 1.07 bits per heavy atom. The van der Waals surface area contributed by atoms with Crippen LogP contribution < -0.4 is 15.4 Å². The van der Waals surface area contributed by atoms with Crippen LogP contribution in [0.2, 0.25) is 0 Å². The fraction of sp³-hybridized carbons (Fsp3) is 0.0952. The summed E-state index contributed by atoms with van der Waals surface area (Å²) in [6.07, 6.45) is 4.40. The number of hydrogen-bond acceptors (Lipinski definition) is 6. The number of hydrogen-bond donors (Lipinski definition) is 2. The van der Waals surface area contributed by atoms with Crippen LogP contribution in [0.4, 0.5) is 5.69 Å². The third-order valence-electron chi connectivity index (χ3n) is 3.66. The molecule has 2 N–H and O–H groups in total. The number of carbonyl (C=O) groups is 3. The molecule has 0 atom stereocenters. The molecule has 0 spiro atoms. The molecule has 0 saturated heterocycles. The molecule has 8 heteroatoms. The summed E-state index contributed by atoms with van der Waals surface area (Å²) in [6, 6.07) is 13.5. The molecule has 2 aromatic heterocycles. The fourth-order valence-electron chi connectivity index (χ4n) is 2.28. The summed E-state index contributed by atoms with van der Waals surface area (Å²) in [5.41, 5.74) is 0.596. The number of benzene rings is 1. The number of carbonyl (C=O) groups excluding carboxylic acids is 3. The topological polar surface area (TPSA) is 97.6 Å². The highest BCUT2D eigenvalue weighted by molar-refractivity contribution is 7.12. The minimum atomic E-state index is -0.476. The predicted octanol–water partition coefficient (Wildman–Crippen LogP) is 3.72. The number of amides is 2. The molecule has 2 amide bonds. The van der Waals surface area contributed by atoms with E-state index in [1.54, 1.807) is 48.5 Å². The minimum Gasteiger partial charge on any atom is -0.465 e. The molecule has 0 unspecified atom stereocenters. The number of thiophene rings is 1. The van der Waals surface area contributed by atoms with Gasteiger partial charge in [0, 0.05) is 18.3 Å². The average molecular weight is 410 g/mol. The summed E-state index contributed by atoms with van der Waals surface area (Å²) in [5, 5.41) is 7.18. The van der Waals surface area contributed by atoms with E-state index in [0.29, 0.717) is 22.1 Å². The molecule has 3 rings (SSSR count). The minimum absolute atomic E-state index is 0.0250. The smallest absolute Gasteiger partial charge is 0.312 e. The highest BCUT2D eigenvalue weighted by Gasteiger charge is 2.08. The Morgan fingerprint density at radius 3 is 2.59 bits per heavy atom. The second-order valence-electron chi connectivity index (χ2n) is 5.82. The first kappa shape index (κ1) is 20.1. The van der Waals surface area contributed by atoms with Crippen molar-refractivity contribution >= 4 is 40.9 Å². The lowest BCUT2D eigenvalue weighted by Crippen LogP contribution is -2.25. The zero-order chi connectivity index (χ0) is 20.5. The summed E-state index contributed by atoms with van der Waals surface area (Å²) in [6.45, 7) is 0.148. The summed E-state index contributed by atoms with van der Waals surface area (Å²) in [7, 11) is 0. The lowest BCUT2D eigenvalue weighted by atomic mass is 10.3. The zero-order valence-corrected chi connectivity index (χ0v) is 16.1. The second kappa shape index (κ2) is 10.0. The van der Waals surface area contributed by atoms with Gasteiger partial charge in [-0.3, -0.25) is 14.4 Å². The molecule has 2 heterocycles. The molecule has 1 aromatic carbocycles. The van der Waals surface area contributed by atoms with Crippen molar-refractivity contribution in [3.63, 3.8) is 0 Å². The number of furan rings is 1. The Hall–Kier alpha value is -3.65. The Labute approximate surface area is 171 Å². The van der Waals surface area contributed by atoms with Crippen LogP contribution in [0.15, 0.2) is 70.7 Å². The van der Waals surface area contributed by atoms with Gasteiger partial charge < -0.3 is 19.8 Å². The van der Waals surface area contributed by atoms with E-state index in [-0.39, 0.29) is 24.8 Å². The molecule has 29 heavy (non-hydrogen) atoms. The van der Waals surface area contributed by atoms with Crippen molar-refractivity contribution in [1.82, 2.24) is 5.32 Å². The Morgan fingerprint density at radius 2 is 1.90 bits per heavy atom. The monoisotopic (exact) mass is 410 g/mol. The maximum Gasteiger partial charge on any atom is 0.312 e. The van der Waals surface area contributed by atoms with E-state index in [1.165, 1.54) is 29.8 Å². The molecule has 0 bridgehead atoms. The molecule has 0 saturated carbocycles. The first-order valence-electron chi connectivity index (χ1n) is 8.75. The van der Waals surface area contributed by atoms with Crippen LogP contribution in [0, 0.1) is 0 Å². The van der Waals surface area contributed by atoms with Crippen LogP contribution in [-0.2, 0) is 9.59 Å². The molecule has 7 nitrogen and oxygen atoms in total. The van der Waals surface area contributed by atoms with Gasteiger partial charge in [0.2, 0.25) is 5.91 Å². The van der Waals surface area contributed by atoms with E-state index >= 15 is 0 Å².